The van der Waals surface area contributed by atoms with Crippen LogP contribution in [0.4, 0.5) is 0 Å². The zero-order valence-electron chi connectivity index (χ0n) is 24.5. The van der Waals surface area contributed by atoms with E-state index in [4.69, 9.17) is 9.98 Å². The molecular weight excluding hydrogens is 536 g/mol. The molecule has 4 nitrogen and oxygen atoms in total. The van der Waals surface area contributed by atoms with Crippen molar-refractivity contribution in [2.45, 2.75) is 6.92 Å². The normalized spacial score (nSPS) is 12.8. The van der Waals surface area contributed by atoms with Gasteiger partial charge in [0.05, 0.1) is 22.1 Å². The molecule has 0 aliphatic rings. The Kier molecular flexibility index (Phi) is 5.29. The quantitative estimate of drug-likeness (QED) is 0.119. The van der Waals surface area contributed by atoms with Crippen LogP contribution in [0, 0.1) is 0 Å². The first kappa shape index (κ1) is 24.8. The molecule has 9 rings (SSSR count). The summed E-state index contributed by atoms with van der Waals surface area (Å²) in [6, 6.07) is 41.7. The first-order valence-corrected chi connectivity index (χ1v) is 15.0. The van der Waals surface area contributed by atoms with Crippen molar-refractivity contribution >= 4 is 71.0 Å². The van der Waals surface area contributed by atoms with Crippen LogP contribution in [0.2, 0.25) is 0 Å². The van der Waals surface area contributed by atoms with E-state index >= 15 is 0 Å². The Morgan fingerprint density at radius 2 is 1.39 bits per heavy atom. The van der Waals surface area contributed by atoms with E-state index in [9.17, 15) is 0 Å². The maximum Gasteiger partial charge on any atom is 0.138 e. The monoisotopic (exact) mass is 564 g/mol. The van der Waals surface area contributed by atoms with Crippen LogP contribution in [0.5, 0.6) is 0 Å². The zero-order chi connectivity index (χ0) is 29.4. The third kappa shape index (κ3) is 3.39. The molecule has 0 aliphatic heterocycles. The maximum atomic E-state index is 4.98. The molecule has 0 spiro atoms. The Hall–Kier alpha value is -5.74. The van der Waals surface area contributed by atoms with Crippen LogP contribution in [0.15, 0.2) is 139 Å². The number of hydrogen-bond acceptors (Lipinski definition) is 2. The highest BCUT2D eigenvalue weighted by Crippen LogP contribution is 2.44. The van der Waals surface area contributed by atoms with E-state index in [0.29, 0.717) is 0 Å². The molecule has 0 fully saturated rings. The van der Waals surface area contributed by atoms with E-state index < -0.39 is 0 Å². The first-order chi connectivity index (χ1) is 21.7. The van der Waals surface area contributed by atoms with Crippen LogP contribution in [-0.4, -0.2) is 27.0 Å². The first-order valence-electron chi connectivity index (χ1n) is 15.0. The minimum absolute atomic E-state index is 0.903. The fourth-order valence-corrected chi connectivity index (χ4v) is 7.19. The lowest BCUT2D eigenvalue weighted by Crippen LogP contribution is -2.08. The summed E-state index contributed by atoms with van der Waals surface area (Å²) in [6.45, 7) is 2.04. The molecule has 9 aromatic rings. The molecule has 3 aromatic heterocycles. The lowest BCUT2D eigenvalue weighted by Gasteiger charge is -2.11. The fourth-order valence-electron chi connectivity index (χ4n) is 7.19. The number of benzene rings is 6. The summed E-state index contributed by atoms with van der Waals surface area (Å²) in [5.74, 6) is 1.81. The number of para-hydroxylation sites is 1. The summed E-state index contributed by atoms with van der Waals surface area (Å²) in [7, 11) is 1.86. The van der Waals surface area contributed by atoms with Gasteiger partial charge in [0.2, 0.25) is 0 Å². The predicted octanol–water partition coefficient (Wildman–Crippen LogP) is 10.2. The highest BCUT2D eigenvalue weighted by molar-refractivity contribution is 6.34. The maximum absolute atomic E-state index is 4.98. The van der Waals surface area contributed by atoms with Crippen LogP contribution in [-0.2, 0) is 0 Å². The van der Waals surface area contributed by atoms with Gasteiger partial charge in [-0.3, -0.25) is 14.1 Å². The van der Waals surface area contributed by atoms with Crippen molar-refractivity contribution in [1.82, 2.24) is 14.1 Å². The standard InChI is InChI=1S/C40H28N4/c1-3-9-36(41-2)43-32-14-7-6-13-30(32)39-31-19-18-26-12-8-15-33-38(26)40(31)35(24-34(39)43)44(33)37-23-29(20-21-42-37)28-17-16-25-10-4-5-11-27(25)22-28/h3-24H,1-2H3/b9-3-,41-36?. The summed E-state index contributed by atoms with van der Waals surface area (Å²) in [5, 5.41) is 9.98. The van der Waals surface area contributed by atoms with Gasteiger partial charge >= 0.3 is 0 Å². The van der Waals surface area contributed by atoms with Gasteiger partial charge < -0.3 is 0 Å². The summed E-state index contributed by atoms with van der Waals surface area (Å²) >= 11 is 0. The molecule has 0 amide bonds. The Morgan fingerprint density at radius 1 is 0.614 bits per heavy atom. The van der Waals surface area contributed by atoms with Crippen LogP contribution in [0.3, 0.4) is 0 Å². The van der Waals surface area contributed by atoms with Crippen LogP contribution in [0.1, 0.15) is 6.92 Å². The van der Waals surface area contributed by atoms with Gasteiger partial charge in [-0.15, -0.1) is 0 Å². The van der Waals surface area contributed by atoms with Gasteiger partial charge in [-0.05, 0) is 82.1 Å². The molecule has 0 unspecified atom stereocenters. The molecule has 0 radical (unpaired) electrons. The second kappa shape index (κ2) is 9.38. The summed E-state index contributed by atoms with van der Waals surface area (Å²) < 4.78 is 4.64. The number of aliphatic imine (C=N–C) groups is 1. The summed E-state index contributed by atoms with van der Waals surface area (Å²) in [6.07, 6.45) is 6.07. The van der Waals surface area contributed by atoms with Gasteiger partial charge in [0.15, 0.2) is 0 Å². The number of aromatic nitrogens is 3. The molecule has 0 bridgehead atoms. The van der Waals surface area contributed by atoms with Crippen LogP contribution >= 0.6 is 0 Å². The topological polar surface area (TPSA) is 35.1 Å². The molecule has 3 heterocycles. The Morgan fingerprint density at radius 3 is 2.27 bits per heavy atom. The average molecular weight is 565 g/mol. The van der Waals surface area contributed by atoms with E-state index in [-0.39, 0.29) is 0 Å². The van der Waals surface area contributed by atoms with Crippen LogP contribution < -0.4 is 0 Å². The highest BCUT2D eigenvalue weighted by Gasteiger charge is 2.23. The molecule has 4 heteroatoms. The smallest absolute Gasteiger partial charge is 0.138 e. The van der Waals surface area contributed by atoms with Crippen molar-refractivity contribution in [2.24, 2.45) is 4.99 Å². The number of fused-ring (bicyclic) bond motifs is 5. The van der Waals surface area contributed by atoms with Crippen LogP contribution in [0.25, 0.3) is 82.1 Å². The van der Waals surface area contributed by atoms with Crippen molar-refractivity contribution in [3.63, 3.8) is 0 Å². The predicted molar refractivity (Wildman–Crippen MR) is 187 cm³/mol. The molecular formula is C40H28N4. The van der Waals surface area contributed by atoms with Gasteiger partial charge in [0, 0.05) is 34.8 Å². The molecule has 0 saturated carbocycles. The number of nitrogens with zero attached hydrogens (tertiary/aromatic N) is 4. The van der Waals surface area contributed by atoms with Crippen molar-refractivity contribution in [2.75, 3.05) is 7.05 Å². The van der Waals surface area contributed by atoms with Crippen molar-refractivity contribution in [3.8, 4) is 16.9 Å². The second-order valence-electron chi connectivity index (χ2n) is 11.4. The Bertz CT molecular complexity index is 2630. The third-order valence-electron chi connectivity index (χ3n) is 9.05. The molecule has 0 atom stereocenters. The van der Waals surface area contributed by atoms with Gasteiger partial charge in [-0.1, -0.05) is 84.9 Å². The molecule has 44 heavy (non-hydrogen) atoms. The molecule has 0 aliphatic carbocycles. The number of pyridine rings is 1. The number of hydrogen-bond donors (Lipinski definition) is 0. The van der Waals surface area contributed by atoms with Crippen molar-refractivity contribution < 1.29 is 0 Å². The lowest BCUT2D eigenvalue weighted by molar-refractivity contribution is 1.08. The molecule has 0 saturated heterocycles. The summed E-state index contributed by atoms with van der Waals surface area (Å²) in [5.41, 5.74) is 6.91. The second-order valence-corrected chi connectivity index (χ2v) is 11.4. The minimum Gasteiger partial charge on any atom is -0.294 e. The van der Waals surface area contributed by atoms with Gasteiger partial charge in [0.1, 0.15) is 11.7 Å². The van der Waals surface area contributed by atoms with Gasteiger partial charge in [0.25, 0.3) is 0 Å². The highest BCUT2D eigenvalue weighted by atomic mass is 15.1. The average Bonchev–Trinajstić information content (AvgIpc) is 3.59. The molecule has 208 valence electrons. The van der Waals surface area contributed by atoms with E-state index in [0.717, 1.165) is 39.3 Å². The van der Waals surface area contributed by atoms with E-state index in [2.05, 4.69) is 137 Å². The van der Waals surface area contributed by atoms with E-state index in [1.54, 1.807) is 0 Å². The number of rotatable bonds is 3. The fraction of sp³-hybridized carbons (Fsp3) is 0.0500. The SMILES string of the molecule is C/C=C\C(=NC)n1c2ccccc2c2c3ccc4cccc5c4c3c(cc21)n5-c1cc(-c2ccc3ccccc3c2)ccn1. The van der Waals surface area contributed by atoms with Crippen molar-refractivity contribution in [3.05, 3.63) is 134 Å². The Labute approximate surface area is 254 Å². The van der Waals surface area contributed by atoms with Crippen molar-refractivity contribution in [1.29, 1.82) is 0 Å². The van der Waals surface area contributed by atoms with Gasteiger partial charge in [-0.25, -0.2) is 4.98 Å². The van der Waals surface area contributed by atoms with E-state index in [1.165, 1.54) is 48.7 Å². The summed E-state index contributed by atoms with van der Waals surface area (Å²) in [4.78, 5) is 9.69. The Balaban J connectivity index is 1.40. The largest absolute Gasteiger partial charge is 0.294 e. The third-order valence-corrected chi connectivity index (χ3v) is 9.05. The number of allylic oxidation sites excluding steroid dienone is 2. The molecule has 0 N–H and O–H groups in total. The van der Waals surface area contributed by atoms with Gasteiger partial charge in [-0.2, -0.15) is 0 Å². The minimum atomic E-state index is 0.903. The van der Waals surface area contributed by atoms with E-state index in [1.807, 2.05) is 20.2 Å². The zero-order valence-corrected chi connectivity index (χ0v) is 24.5. The molecule has 6 aromatic carbocycles. The lowest BCUT2D eigenvalue weighted by atomic mass is 9.98.